The van der Waals surface area contributed by atoms with Crippen LogP contribution in [0.5, 0.6) is 5.75 Å². The first-order chi connectivity index (χ1) is 13.7. The number of thiophene rings is 1. The molecular weight excluding hydrogens is 458 g/mol. The van der Waals surface area contributed by atoms with Gasteiger partial charge in [0.05, 0.1) is 26.5 Å². The first-order valence-corrected chi connectivity index (χ1v) is 11.1. The summed E-state index contributed by atoms with van der Waals surface area (Å²) in [7, 11) is 0. The first-order valence-electron chi connectivity index (χ1n) is 8.64. The molecule has 0 fully saturated rings. The van der Waals surface area contributed by atoms with Crippen molar-refractivity contribution in [1.29, 1.82) is 0 Å². The van der Waals surface area contributed by atoms with Crippen LogP contribution < -0.4 is 9.64 Å². The van der Waals surface area contributed by atoms with E-state index in [2.05, 4.69) is 20.9 Å². The third-order valence-corrected chi connectivity index (χ3v) is 6.65. The minimum absolute atomic E-state index is 0.0865. The van der Waals surface area contributed by atoms with Crippen molar-refractivity contribution in [1.82, 2.24) is 9.97 Å². The summed E-state index contributed by atoms with van der Waals surface area (Å²) < 4.78 is 7.61. The van der Waals surface area contributed by atoms with Gasteiger partial charge >= 0.3 is 0 Å². The molecule has 0 aliphatic rings. The Hall–Kier alpha value is -2.29. The van der Waals surface area contributed by atoms with Crippen LogP contribution in [-0.2, 0) is 6.54 Å². The number of pyridine rings is 1. The summed E-state index contributed by atoms with van der Waals surface area (Å²) in [5, 5.41) is 0.639. The van der Waals surface area contributed by atoms with Crippen LogP contribution >= 0.6 is 38.6 Å². The Balaban J connectivity index is 1.77. The quantitative estimate of drug-likeness (QED) is 0.357. The number of halogens is 1. The van der Waals surface area contributed by atoms with E-state index in [0.717, 1.165) is 25.3 Å². The number of anilines is 1. The van der Waals surface area contributed by atoms with Crippen molar-refractivity contribution >= 4 is 59.9 Å². The maximum Gasteiger partial charge on any atom is 0.270 e. The lowest BCUT2D eigenvalue weighted by molar-refractivity contribution is 0.0989. The van der Waals surface area contributed by atoms with Gasteiger partial charge in [-0.05, 0) is 58.7 Å². The number of benzene rings is 1. The van der Waals surface area contributed by atoms with Gasteiger partial charge in [0.1, 0.15) is 11.3 Å². The summed E-state index contributed by atoms with van der Waals surface area (Å²) in [5.74, 6) is 0.645. The first kappa shape index (κ1) is 19.0. The number of para-hydroxylation sites is 1. The summed E-state index contributed by atoms with van der Waals surface area (Å²) in [6.07, 6.45) is 3.49. The van der Waals surface area contributed by atoms with Crippen LogP contribution in [0.4, 0.5) is 5.13 Å². The van der Waals surface area contributed by atoms with Crippen LogP contribution in [0.15, 0.2) is 58.6 Å². The van der Waals surface area contributed by atoms with E-state index in [0.29, 0.717) is 23.2 Å². The molecule has 8 heteroatoms. The van der Waals surface area contributed by atoms with Crippen LogP contribution in [0.25, 0.3) is 10.2 Å². The fraction of sp³-hybridized carbons (Fsp3) is 0.150. The fourth-order valence-corrected chi connectivity index (χ4v) is 5.08. The summed E-state index contributed by atoms with van der Waals surface area (Å²) >= 11 is 6.33. The molecule has 0 aliphatic carbocycles. The van der Waals surface area contributed by atoms with Crippen LogP contribution in [0.2, 0.25) is 0 Å². The number of amides is 1. The molecule has 5 nitrogen and oxygen atoms in total. The van der Waals surface area contributed by atoms with Gasteiger partial charge < -0.3 is 4.74 Å². The number of rotatable bonds is 6. The molecule has 0 atom stereocenters. The topological polar surface area (TPSA) is 55.3 Å². The smallest absolute Gasteiger partial charge is 0.270 e. The molecule has 0 spiro atoms. The minimum Gasteiger partial charge on any atom is -0.492 e. The maximum absolute atomic E-state index is 13.3. The Kier molecular flexibility index (Phi) is 5.70. The summed E-state index contributed by atoms with van der Waals surface area (Å²) in [5.41, 5.74) is 1.72. The number of ether oxygens (including phenoxy) is 1. The van der Waals surface area contributed by atoms with Gasteiger partial charge in [-0.15, -0.1) is 11.3 Å². The zero-order valence-corrected chi connectivity index (χ0v) is 18.2. The monoisotopic (exact) mass is 473 g/mol. The van der Waals surface area contributed by atoms with Gasteiger partial charge in [-0.25, -0.2) is 4.98 Å². The van der Waals surface area contributed by atoms with E-state index in [4.69, 9.17) is 9.72 Å². The summed E-state index contributed by atoms with van der Waals surface area (Å²) in [6, 6.07) is 13.4. The highest BCUT2D eigenvalue weighted by Gasteiger charge is 2.24. The van der Waals surface area contributed by atoms with Crippen molar-refractivity contribution in [3.8, 4) is 5.75 Å². The average Bonchev–Trinajstić information content (AvgIpc) is 3.33. The molecule has 3 aromatic heterocycles. The Bertz CT molecular complexity index is 1110. The van der Waals surface area contributed by atoms with Gasteiger partial charge in [0.25, 0.3) is 5.91 Å². The van der Waals surface area contributed by atoms with E-state index in [1.165, 1.54) is 22.7 Å². The van der Waals surface area contributed by atoms with Crippen molar-refractivity contribution < 1.29 is 9.53 Å². The average molecular weight is 474 g/mol. The lowest BCUT2D eigenvalue weighted by Crippen LogP contribution is -2.29. The molecule has 0 saturated carbocycles. The van der Waals surface area contributed by atoms with Crippen LogP contribution in [0.3, 0.4) is 0 Å². The second-order valence-corrected chi connectivity index (χ2v) is 9.36. The highest BCUT2D eigenvalue weighted by molar-refractivity contribution is 9.11. The molecule has 1 amide bonds. The van der Waals surface area contributed by atoms with Crippen LogP contribution in [0.1, 0.15) is 22.2 Å². The van der Waals surface area contributed by atoms with Crippen LogP contribution in [-0.4, -0.2) is 22.5 Å². The van der Waals surface area contributed by atoms with E-state index in [-0.39, 0.29) is 5.91 Å². The lowest BCUT2D eigenvalue weighted by atomic mass is 10.2. The van der Waals surface area contributed by atoms with Crippen molar-refractivity contribution in [2.24, 2.45) is 0 Å². The number of hydrogen-bond donors (Lipinski definition) is 0. The normalized spacial score (nSPS) is 10.9. The molecule has 4 aromatic rings. The highest BCUT2D eigenvalue weighted by Crippen LogP contribution is 2.36. The van der Waals surface area contributed by atoms with E-state index >= 15 is 0 Å². The zero-order chi connectivity index (χ0) is 19.5. The van der Waals surface area contributed by atoms with E-state index < -0.39 is 0 Å². The largest absolute Gasteiger partial charge is 0.492 e. The van der Waals surface area contributed by atoms with Crippen LogP contribution in [0, 0.1) is 0 Å². The Labute approximate surface area is 178 Å². The molecular formula is C20H16BrN3O2S2. The number of thiazole rings is 1. The number of aromatic nitrogens is 2. The van der Waals surface area contributed by atoms with E-state index in [1.54, 1.807) is 17.3 Å². The Morgan fingerprint density at radius 2 is 2.07 bits per heavy atom. The molecule has 142 valence electrons. The summed E-state index contributed by atoms with van der Waals surface area (Å²) in [4.78, 5) is 24.6. The molecule has 4 rings (SSSR count). The number of carbonyl (C=O) groups excluding carboxylic acids is 1. The molecule has 0 N–H and O–H groups in total. The number of carbonyl (C=O) groups is 1. The number of hydrogen-bond acceptors (Lipinski definition) is 6. The fourth-order valence-electron chi connectivity index (χ4n) is 2.76. The number of nitrogens with zero attached hydrogens (tertiary/aromatic N) is 3. The second-order valence-electron chi connectivity index (χ2n) is 5.89. The summed E-state index contributed by atoms with van der Waals surface area (Å²) in [6.45, 7) is 2.90. The molecule has 0 radical (unpaired) electrons. The van der Waals surface area contributed by atoms with Gasteiger partial charge in [0, 0.05) is 12.4 Å². The highest BCUT2D eigenvalue weighted by atomic mass is 79.9. The molecule has 28 heavy (non-hydrogen) atoms. The van der Waals surface area contributed by atoms with Crippen molar-refractivity contribution in [2.75, 3.05) is 11.5 Å². The molecule has 0 saturated heterocycles. The van der Waals surface area contributed by atoms with Crippen molar-refractivity contribution in [3.05, 3.63) is 69.1 Å². The third kappa shape index (κ3) is 3.94. The lowest BCUT2D eigenvalue weighted by Gasteiger charge is -2.19. The molecule has 1 aromatic carbocycles. The Morgan fingerprint density at radius 1 is 1.18 bits per heavy atom. The van der Waals surface area contributed by atoms with Gasteiger partial charge in [-0.3, -0.25) is 14.7 Å². The molecule has 3 heterocycles. The van der Waals surface area contributed by atoms with Crippen molar-refractivity contribution in [3.63, 3.8) is 0 Å². The zero-order valence-electron chi connectivity index (χ0n) is 15.0. The standard InChI is InChI=1S/C20H16BrN3O2S2/c1-2-26-14-6-3-7-15-18(14)23-20(28-15)24(12-13-5-4-10-22-11-13)19(25)16-8-9-17(21)27-16/h3-11H,2,12H2,1H3. The third-order valence-electron chi connectivity index (χ3n) is 3.99. The predicted molar refractivity (Wildman–Crippen MR) is 118 cm³/mol. The van der Waals surface area contributed by atoms with Gasteiger partial charge in [0.2, 0.25) is 0 Å². The predicted octanol–water partition coefficient (Wildman–Crippen LogP) is 5.76. The molecule has 0 aliphatic heterocycles. The Morgan fingerprint density at radius 3 is 2.79 bits per heavy atom. The molecule has 0 unspecified atom stereocenters. The second kappa shape index (κ2) is 8.38. The van der Waals surface area contributed by atoms with Crippen molar-refractivity contribution in [2.45, 2.75) is 13.5 Å². The SMILES string of the molecule is CCOc1cccc2sc(N(Cc3cccnc3)C(=O)c3ccc(Br)s3)nc12. The van der Waals surface area contributed by atoms with Gasteiger partial charge in [0.15, 0.2) is 5.13 Å². The maximum atomic E-state index is 13.3. The van der Waals surface area contributed by atoms with Gasteiger partial charge in [-0.2, -0.15) is 0 Å². The number of fused-ring (bicyclic) bond motifs is 1. The van der Waals surface area contributed by atoms with Gasteiger partial charge in [-0.1, -0.05) is 23.5 Å². The minimum atomic E-state index is -0.0865. The van der Waals surface area contributed by atoms with E-state index in [9.17, 15) is 4.79 Å². The molecule has 0 bridgehead atoms. The van der Waals surface area contributed by atoms with E-state index in [1.807, 2.05) is 49.4 Å².